The van der Waals surface area contributed by atoms with Crippen molar-refractivity contribution in [3.8, 4) is 6.07 Å². The molecule has 1 saturated heterocycles. The molecule has 0 radical (unpaired) electrons. The molecule has 5 nitrogen and oxygen atoms in total. The Balaban J connectivity index is 1.85. The first kappa shape index (κ1) is 18.8. The number of amides is 1. The topological polar surface area (TPSA) is 75.0 Å². The number of nitrogens with zero attached hydrogens (tertiary/aromatic N) is 2. The standard InChI is InChI=1S/C18H18FN3O2S2/c1-12-15(25-11-8-20)26-17(21-12)22-16(23)18(6-9-24-10-7-18)13-2-4-14(19)5-3-13/h2-5H,6-7,9-11H2,1H3,(H,21,22,23). The van der Waals surface area contributed by atoms with E-state index in [-0.39, 0.29) is 11.7 Å². The van der Waals surface area contributed by atoms with E-state index in [4.69, 9.17) is 10.00 Å². The number of aromatic nitrogens is 1. The fourth-order valence-corrected chi connectivity index (χ4v) is 4.81. The van der Waals surface area contributed by atoms with Crippen LogP contribution in [-0.4, -0.2) is 29.9 Å². The SMILES string of the molecule is Cc1nc(NC(=O)C2(c3ccc(F)cc3)CCOCC2)sc1SCC#N. The summed E-state index contributed by atoms with van der Waals surface area (Å²) in [6.45, 7) is 2.81. The monoisotopic (exact) mass is 391 g/mol. The predicted octanol–water partition coefficient (Wildman–Crippen LogP) is 3.89. The number of nitrogens with one attached hydrogen (secondary N) is 1. The van der Waals surface area contributed by atoms with E-state index >= 15 is 0 Å². The number of nitriles is 1. The maximum atomic E-state index is 13.3. The van der Waals surface area contributed by atoms with Crippen LogP contribution in [0.5, 0.6) is 0 Å². The van der Waals surface area contributed by atoms with Crippen molar-refractivity contribution in [2.45, 2.75) is 29.4 Å². The molecule has 2 heterocycles. The molecule has 1 aliphatic rings. The van der Waals surface area contributed by atoms with Gasteiger partial charge in [0.05, 0.1) is 27.1 Å². The van der Waals surface area contributed by atoms with E-state index in [9.17, 15) is 9.18 Å². The van der Waals surface area contributed by atoms with Crippen molar-refractivity contribution in [2.75, 3.05) is 24.3 Å². The second-order valence-corrected chi connectivity index (χ2v) is 8.24. The van der Waals surface area contributed by atoms with Crippen molar-refractivity contribution in [3.05, 3.63) is 41.3 Å². The minimum absolute atomic E-state index is 0.155. The normalized spacial score (nSPS) is 16.0. The number of thioether (sulfide) groups is 1. The molecule has 1 aliphatic heterocycles. The molecule has 2 aromatic rings. The van der Waals surface area contributed by atoms with Crippen molar-refractivity contribution < 1.29 is 13.9 Å². The Kier molecular flexibility index (Phi) is 5.91. The van der Waals surface area contributed by atoms with Gasteiger partial charge in [0.2, 0.25) is 5.91 Å². The van der Waals surface area contributed by atoms with E-state index in [2.05, 4.69) is 16.4 Å². The number of halogens is 1. The zero-order valence-corrected chi connectivity index (χ0v) is 15.9. The number of hydrogen-bond acceptors (Lipinski definition) is 6. The lowest BCUT2D eigenvalue weighted by molar-refractivity contribution is -0.125. The van der Waals surface area contributed by atoms with Gasteiger partial charge in [0.25, 0.3) is 0 Å². The lowest BCUT2D eigenvalue weighted by atomic mass is 9.73. The van der Waals surface area contributed by atoms with Gasteiger partial charge in [0.1, 0.15) is 5.82 Å². The van der Waals surface area contributed by atoms with Crippen LogP contribution >= 0.6 is 23.1 Å². The van der Waals surface area contributed by atoms with Crippen molar-refractivity contribution in [2.24, 2.45) is 0 Å². The van der Waals surface area contributed by atoms with Crippen LogP contribution in [0, 0.1) is 24.1 Å². The Bertz CT molecular complexity index is 824. The number of anilines is 1. The number of rotatable bonds is 5. The van der Waals surface area contributed by atoms with Gasteiger partial charge in [-0.05, 0) is 37.5 Å². The molecule has 1 amide bonds. The highest BCUT2D eigenvalue weighted by molar-refractivity contribution is 8.01. The molecule has 0 saturated carbocycles. The summed E-state index contributed by atoms with van der Waals surface area (Å²) in [4.78, 5) is 17.6. The second-order valence-electron chi connectivity index (χ2n) is 5.99. The summed E-state index contributed by atoms with van der Waals surface area (Å²) in [7, 11) is 0. The Hall–Kier alpha value is -1.95. The Morgan fingerprint density at radius 3 is 2.77 bits per heavy atom. The molecule has 136 valence electrons. The van der Waals surface area contributed by atoms with E-state index in [1.165, 1.54) is 35.2 Å². The van der Waals surface area contributed by atoms with Crippen LogP contribution in [0.1, 0.15) is 24.1 Å². The van der Waals surface area contributed by atoms with Gasteiger partial charge in [-0.15, -0.1) is 0 Å². The van der Waals surface area contributed by atoms with Gasteiger partial charge in [-0.3, -0.25) is 4.79 Å². The molecule has 1 aromatic heterocycles. The highest BCUT2D eigenvalue weighted by Gasteiger charge is 2.42. The third kappa shape index (κ3) is 3.90. The molecule has 0 aliphatic carbocycles. The van der Waals surface area contributed by atoms with Crippen LogP contribution in [0.4, 0.5) is 9.52 Å². The first-order valence-electron chi connectivity index (χ1n) is 8.17. The quantitative estimate of drug-likeness (QED) is 0.783. The van der Waals surface area contributed by atoms with Crippen LogP contribution in [0.15, 0.2) is 28.5 Å². The number of carbonyl (C=O) groups excluding carboxylic acids is 1. The fourth-order valence-electron chi connectivity index (χ4n) is 3.02. The van der Waals surface area contributed by atoms with E-state index in [0.717, 1.165) is 15.5 Å². The lowest BCUT2D eigenvalue weighted by Crippen LogP contribution is -2.44. The molecule has 8 heteroatoms. The highest BCUT2D eigenvalue weighted by Crippen LogP contribution is 2.38. The number of aryl methyl sites for hydroxylation is 1. The molecule has 1 N–H and O–H groups in total. The summed E-state index contributed by atoms with van der Waals surface area (Å²) in [5, 5.41) is 12.2. The number of carbonyl (C=O) groups is 1. The van der Waals surface area contributed by atoms with Gasteiger partial charge in [-0.1, -0.05) is 35.2 Å². The van der Waals surface area contributed by atoms with Gasteiger partial charge in [-0.2, -0.15) is 5.26 Å². The van der Waals surface area contributed by atoms with Crippen LogP contribution in [0.2, 0.25) is 0 Å². The van der Waals surface area contributed by atoms with E-state index in [1.807, 2.05) is 6.92 Å². The summed E-state index contributed by atoms with van der Waals surface area (Å²) in [6, 6.07) is 8.18. The minimum Gasteiger partial charge on any atom is -0.381 e. The zero-order chi connectivity index (χ0) is 18.6. The smallest absolute Gasteiger partial charge is 0.236 e. The number of hydrogen-bond donors (Lipinski definition) is 1. The minimum atomic E-state index is -0.758. The van der Waals surface area contributed by atoms with Crippen LogP contribution in [-0.2, 0) is 14.9 Å². The molecule has 3 rings (SSSR count). The predicted molar refractivity (Wildman–Crippen MR) is 99.9 cm³/mol. The largest absolute Gasteiger partial charge is 0.381 e. The average Bonchev–Trinajstić information content (AvgIpc) is 3.00. The zero-order valence-electron chi connectivity index (χ0n) is 14.3. The first-order valence-corrected chi connectivity index (χ1v) is 9.98. The number of benzene rings is 1. The Morgan fingerprint density at radius 2 is 2.12 bits per heavy atom. The molecule has 0 atom stereocenters. The van der Waals surface area contributed by atoms with Gasteiger partial charge < -0.3 is 10.1 Å². The first-order chi connectivity index (χ1) is 12.5. The maximum absolute atomic E-state index is 13.3. The maximum Gasteiger partial charge on any atom is 0.236 e. The van der Waals surface area contributed by atoms with Gasteiger partial charge >= 0.3 is 0 Å². The summed E-state index contributed by atoms with van der Waals surface area (Å²) in [6.07, 6.45) is 1.07. The molecule has 1 fully saturated rings. The summed E-state index contributed by atoms with van der Waals surface area (Å²) in [5.41, 5.74) is 0.825. The molecule has 26 heavy (non-hydrogen) atoms. The molecular formula is C18H18FN3O2S2. The van der Waals surface area contributed by atoms with Crippen molar-refractivity contribution in [1.82, 2.24) is 4.98 Å². The van der Waals surface area contributed by atoms with Crippen molar-refractivity contribution in [3.63, 3.8) is 0 Å². The Morgan fingerprint density at radius 1 is 1.42 bits per heavy atom. The van der Waals surface area contributed by atoms with Gasteiger partial charge in [0, 0.05) is 13.2 Å². The Labute approximate surface area is 159 Å². The van der Waals surface area contributed by atoms with Crippen molar-refractivity contribution >= 4 is 34.1 Å². The average molecular weight is 391 g/mol. The van der Waals surface area contributed by atoms with Crippen LogP contribution in [0.25, 0.3) is 0 Å². The second kappa shape index (κ2) is 8.16. The van der Waals surface area contributed by atoms with Crippen LogP contribution in [0.3, 0.4) is 0 Å². The number of ether oxygens (including phenoxy) is 1. The molecule has 0 unspecified atom stereocenters. The van der Waals surface area contributed by atoms with E-state index in [0.29, 0.717) is 36.9 Å². The highest BCUT2D eigenvalue weighted by atomic mass is 32.2. The third-order valence-corrected chi connectivity index (χ3v) is 6.72. The lowest BCUT2D eigenvalue weighted by Gasteiger charge is -2.36. The summed E-state index contributed by atoms with van der Waals surface area (Å²) >= 11 is 2.78. The summed E-state index contributed by atoms with van der Waals surface area (Å²) < 4.78 is 19.7. The van der Waals surface area contributed by atoms with Gasteiger partial charge in [-0.25, -0.2) is 9.37 Å². The fraction of sp³-hybridized carbons (Fsp3) is 0.389. The summed E-state index contributed by atoms with van der Waals surface area (Å²) in [5.74, 6) is -0.142. The molecule has 0 spiro atoms. The third-order valence-electron chi connectivity index (χ3n) is 4.42. The molecule has 0 bridgehead atoms. The molecular weight excluding hydrogens is 373 g/mol. The number of thiazole rings is 1. The van der Waals surface area contributed by atoms with Crippen LogP contribution < -0.4 is 5.32 Å². The van der Waals surface area contributed by atoms with Crippen molar-refractivity contribution in [1.29, 1.82) is 5.26 Å². The van der Waals surface area contributed by atoms with Gasteiger partial charge in [0.15, 0.2) is 5.13 Å². The van der Waals surface area contributed by atoms with E-state index < -0.39 is 5.41 Å². The van der Waals surface area contributed by atoms with E-state index in [1.54, 1.807) is 12.1 Å². The molecule has 1 aromatic carbocycles.